The van der Waals surface area contributed by atoms with Crippen LogP contribution in [0.25, 0.3) is 0 Å². The first-order valence-corrected chi connectivity index (χ1v) is 7.51. The standard InChI is InChI=1S/C12H13BrN2O2S.ClH/c13-9-1-3-10(4-2-9)17-7-12(16)8-18-11-14-5-6-15(11)12;/h1-4,16H,5-8H2;1H. The first-order valence-electron chi connectivity index (χ1n) is 5.73. The number of rotatable bonds is 3. The molecule has 1 saturated heterocycles. The molecular weight excluding hydrogens is 352 g/mol. The maximum atomic E-state index is 10.6. The molecule has 0 bridgehead atoms. The number of halogens is 2. The Bertz CT molecular complexity index is 485. The summed E-state index contributed by atoms with van der Waals surface area (Å²) < 4.78 is 6.69. The Morgan fingerprint density at radius 1 is 1.42 bits per heavy atom. The van der Waals surface area contributed by atoms with Gasteiger partial charge in [-0.3, -0.25) is 4.99 Å². The van der Waals surface area contributed by atoms with Crippen LogP contribution in [0.2, 0.25) is 0 Å². The van der Waals surface area contributed by atoms with Gasteiger partial charge in [0.15, 0.2) is 10.9 Å². The molecular formula is C12H14BrClN2O2S. The van der Waals surface area contributed by atoms with Crippen molar-refractivity contribution < 1.29 is 9.84 Å². The highest BCUT2D eigenvalue weighted by molar-refractivity contribution is 9.10. The molecule has 0 saturated carbocycles. The fourth-order valence-electron chi connectivity index (χ4n) is 2.04. The molecule has 104 valence electrons. The lowest BCUT2D eigenvalue weighted by Gasteiger charge is -2.31. The van der Waals surface area contributed by atoms with E-state index in [1.54, 1.807) is 11.8 Å². The van der Waals surface area contributed by atoms with Gasteiger partial charge in [0.25, 0.3) is 0 Å². The summed E-state index contributed by atoms with van der Waals surface area (Å²) in [5.41, 5.74) is -0.924. The Morgan fingerprint density at radius 2 is 2.16 bits per heavy atom. The third-order valence-electron chi connectivity index (χ3n) is 3.02. The van der Waals surface area contributed by atoms with E-state index in [0.29, 0.717) is 5.75 Å². The predicted molar refractivity (Wildman–Crippen MR) is 83.3 cm³/mol. The van der Waals surface area contributed by atoms with Crippen LogP contribution in [0.3, 0.4) is 0 Å². The summed E-state index contributed by atoms with van der Waals surface area (Å²) in [4.78, 5) is 6.28. The fraction of sp³-hybridized carbons (Fsp3) is 0.417. The van der Waals surface area contributed by atoms with E-state index in [1.165, 1.54) is 0 Å². The number of aliphatic hydroxyl groups is 1. The minimum absolute atomic E-state index is 0. The Hall–Kier alpha value is -0.430. The van der Waals surface area contributed by atoms with Crippen LogP contribution in [0.15, 0.2) is 33.7 Å². The van der Waals surface area contributed by atoms with Crippen LogP contribution in [0, 0.1) is 0 Å². The zero-order valence-corrected chi connectivity index (χ0v) is 13.3. The van der Waals surface area contributed by atoms with Crippen LogP contribution >= 0.6 is 40.1 Å². The van der Waals surface area contributed by atoms with Gasteiger partial charge in [-0.05, 0) is 24.3 Å². The normalized spacial score (nSPS) is 24.7. The van der Waals surface area contributed by atoms with Crippen LogP contribution in [-0.4, -0.2) is 46.3 Å². The lowest BCUT2D eigenvalue weighted by atomic mass is 10.2. The monoisotopic (exact) mass is 364 g/mol. The quantitative estimate of drug-likeness (QED) is 0.893. The minimum atomic E-state index is -0.924. The molecule has 1 unspecified atom stereocenters. The predicted octanol–water partition coefficient (Wildman–Crippen LogP) is 2.36. The Labute approximate surface area is 130 Å². The molecule has 1 atom stereocenters. The Morgan fingerprint density at radius 3 is 2.89 bits per heavy atom. The molecule has 2 heterocycles. The third kappa shape index (κ3) is 3.02. The van der Waals surface area contributed by atoms with Crippen molar-refractivity contribution >= 4 is 45.3 Å². The molecule has 2 aliphatic rings. The van der Waals surface area contributed by atoms with Crippen LogP contribution in [0.5, 0.6) is 5.75 Å². The molecule has 1 N–H and O–H groups in total. The van der Waals surface area contributed by atoms with Crippen LogP contribution in [0.1, 0.15) is 0 Å². The molecule has 1 fully saturated rings. The van der Waals surface area contributed by atoms with Gasteiger partial charge in [-0.15, -0.1) is 12.4 Å². The number of ether oxygens (including phenoxy) is 1. The molecule has 3 rings (SSSR count). The molecule has 19 heavy (non-hydrogen) atoms. The van der Waals surface area contributed by atoms with Crippen molar-refractivity contribution in [2.24, 2.45) is 4.99 Å². The minimum Gasteiger partial charge on any atom is -0.489 e. The summed E-state index contributed by atoms with van der Waals surface area (Å²) in [6.45, 7) is 1.81. The first kappa shape index (κ1) is 15.0. The van der Waals surface area contributed by atoms with Gasteiger partial charge in [-0.25, -0.2) is 0 Å². The molecule has 1 aromatic rings. The second-order valence-electron chi connectivity index (χ2n) is 4.33. The van der Waals surface area contributed by atoms with Crippen LogP contribution < -0.4 is 4.74 Å². The average molecular weight is 366 g/mol. The summed E-state index contributed by atoms with van der Waals surface area (Å²) in [6.07, 6.45) is 0. The van der Waals surface area contributed by atoms with Gasteiger partial charge in [0.1, 0.15) is 12.4 Å². The smallest absolute Gasteiger partial charge is 0.184 e. The van der Waals surface area contributed by atoms with Crippen molar-refractivity contribution in [3.8, 4) is 5.75 Å². The fourth-order valence-corrected chi connectivity index (χ4v) is 3.51. The third-order valence-corrected chi connectivity index (χ3v) is 4.76. The van der Waals surface area contributed by atoms with Gasteiger partial charge in [0.2, 0.25) is 0 Å². The van der Waals surface area contributed by atoms with E-state index in [0.717, 1.165) is 28.5 Å². The highest BCUT2D eigenvalue weighted by Gasteiger charge is 2.45. The highest BCUT2D eigenvalue weighted by atomic mass is 79.9. The lowest BCUT2D eigenvalue weighted by molar-refractivity contribution is -0.0694. The van der Waals surface area contributed by atoms with Gasteiger partial charge in [-0.2, -0.15) is 0 Å². The maximum absolute atomic E-state index is 10.6. The molecule has 2 aliphatic heterocycles. The largest absolute Gasteiger partial charge is 0.489 e. The molecule has 4 nitrogen and oxygen atoms in total. The topological polar surface area (TPSA) is 45.1 Å². The maximum Gasteiger partial charge on any atom is 0.184 e. The number of hydrogen-bond donors (Lipinski definition) is 1. The van der Waals surface area contributed by atoms with Crippen molar-refractivity contribution in [2.75, 3.05) is 25.4 Å². The molecule has 0 spiro atoms. The van der Waals surface area contributed by atoms with Gasteiger partial charge >= 0.3 is 0 Å². The van der Waals surface area contributed by atoms with Gasteiger partial charge in [-0.1, -0.05) is 27.7 Å². The van der Waals surface area contributed by atoms with Crippen molar-refractivity contribution in [2.45, 2.75) is 5.72 Å². The van der Waals surface area contributed by atoms with Gasteiger partial charge < -0.3 is 14.7 Å². The summed E-state index contributed by atoms with van der Waals surface area (Å²) >= 11 is 4.97. The van der Waals surface area contributed by atoms with E-state index in [9.17, 15) is 5.11 Å². The molecule has 0 aliphatic carbocycles. The van der Waals surface area contributed by atoms with Crippen molar-refractivity contribution in [1.82, 2.24) is 4.90 Å². The van der Waals surface area contributed by atoms with Crippen molar-refractivity contribution in [3.05, 3.63) is 28.7 Å². The molecule has 1 aromatic carbocycles. The lowest BCUT2D eigenvalue weighted by Crippen LogP contribution is -2.51. The Kier molecular flexibility index (Phi) is 4.66. The number of fused-ring (bicyclic) bond motifs is 1. The molecule has 7 heteroatoms. The van der Waals surface area contributed by atoms with Gasteiger partial charge in [0.05, 0.1) is 12.3 Å². The molecule has 0 radical (unpaired) electrons. The molecule has 0 amide bonds. The highest BCUT2D eigenvalue weighted by Crippen LogP contribution is 2.34. The average Bonchev–Trinajstić information content (AvgIpc) is 2.94. The van der Waals surface area contributed by atoms with E-state index in [-0.39, 0.29) is 19.0 Å². The van der Waals surface area contributed by atoms with Crippen LogP contribution in [0.4, 0.5) is 0 Å². The first-order chi connectivity index (χ1) is 8.67. The van der Waals surface area contributed by atoms with Crippen LogP contribution in [-0.2, 0) is 0 Å². The SMILES string of the molecule is Cl.OC1(COc2ccc(Br)cc2)CSC2=NCCN21. The van der Waals surface area contributed by atoms with Crippen molar-refractivity contribution in [3.63, 3.8) is 0 Å². The summed E-state index contributed by atoms with van der Waals surface area (Å²) in [5.74, 6) is 1.38. The van der Waals surface area contributed by atoms with E-state index in [2.05, 4.69) is 20.9 Å². The summed E-state index contributed by atoms with van der Waals surface area (Å²) in [5, 5.41) is 11.5. The second kappa shape index (κ2) is 5.91. The Balaban J connectivity index is 0.00000133. The van der Waals surface area contributed by atoms with E-state index >= 15 is 0 Å². The zero-order valence-electron chi connectivity index (χ0n) is 10.1. The number of thioether (sulfide) groups is 1. The summed E-state index contributed by atoms with van der Waals surface area (Å²) in [6, 6.07) is 7.61. The number of amidine groups is 1. The number of benzene rings is 1. The van der Waals surface area contributed by atoms with E-state index in [1.807, 2.05) is 29.2 Å². The van der Waals surface area contributed by atoms with Crippen molar-refractivity contribution in [1.29, 1.82) is 0 Å². The number of hydrogen-bond acceptors (Lipinski definition) is 5. The molecule has 0 aromatic heterocycles. The van der Waals surface area contributed by atoms with E-state index < -0.39 is 5.72 Å². The number of nitrogens with zero attached hydrogens (tertiary/aromatic N) is 2. The summed E-state index contributed by atoms with van der Waals surface area (Å²) in [7, 11) is 0. The number of aliphatic imine (C=N–C) groups is 1. The van der Waals surface area contributed by atoms with E-state index in [4.69, 9.17) is 4.74 Å². The zero-order chi connectivity index (χ0) is 12.6. The second-order valence-corrected chi connectivity index (χ2v) is 6.19. The van der Waals surface area contributed by atoms with Gasteiger partial charge in [0, 0.05) is 11.0 Å².